The van der Waals surface area contributed by atoms with E-state index in [2.05, 4.69) is 0 Å². The predicted molar refractivity (Wildman–Crippen MR) is 132 cm³/mol. The van der Waals surface area contributed by atoms with Gasteiger partial charge in [0.1, 0.15) is 23.0 Å². The van der Waals surface area contributed by atoms with E-state index < -0.39 is 39.9 Å². The summed E-state index contributed by atoms with van der Waals surface area (Å²) in [7, 11) is 0. The molecular weight excluding hydrogens is 484 g/mol. The van der Waals surface area contributed by atoms with E-state index in [1.165, 1.54) is 31.2 Å². The minimum Gasteiger partial charge on any atom is -0.504 e. The number of ketones is 2. The second-order valence-corrected chi connectivity index (χ2v) is 8.39. The molecule has 0 saturated carbocycles. The van der Waals surface area contributed by atoms with E-state index in [1.54, 1.807) is 0 Å². The topological polar surface area (TPSA) is 172 Å². The highest BCUT2D eigenvalue weighted by Gasteiger charge is 2.28. The van der Waals surface area contributed by atoms with Crippen molar-refractivity contribution in [1.29, 1.82) is 0 Å². The van der Waals surface area contributed by atoms with Crippen molar-refractivity contribution < 1.29 is 38.5 Å². The summed E-state index contributed by atoms with van der Waals surface area (Å²) in [5, 5.41) is 28.8. The van der Waals surface area contributed by atoms with Crippen LogP contribution in [0.4, 0.5) is 0 Å². The third kappa shape index (κ3) is 3.46. The van der Waals surface area contributed by atoms with Crippen molar-refractivity contribution >= 4 is 50.4 Å². The highest BCUT2D eigenvalue weighted by atomic mass is 16.4. The van der Waals surface area contributed by atoms with E-state index in [4.69, 9.17) is 8.83 Å². The van der Waals surface area contributed by atoms with Gasteiger partial charge in [-0.05, 0) is 38.1 Å². The van der Waals surface area contributed by atoms with Crippen LogP contribution < -0.4 is 10.9 Å². The van der Waals surface area contributed by atoms with Gasteiger partial charge in [-0.15, -0.1) is 0 Å². The Kier molecular flexibility index (Phi) is 5.18. The molecule has 3 aromatic carbocycles. The number of carbonyl (C=O) groups is 3. The lowest BCUT2D eigenvalue weighted by Gasteiger charge is -2.15. The number of fused-ring (bicyclic) bond motifs is 3. The summed E-state index contributed by atoms with van der Waals surface area (Å²) in [6.45, 7) is 2.32. The van der Waals surface area contributed by atoms with Crippen LogP contribution in [0, 0.1) is 0 Å². The first-order chi connectivity index (χ1) is 17.5. The number of Topliss-reactive ketones (excluding diaryl/α,β-unsaturated/α-hetero) is 2. The zero-order chi connectivity index (χ0) is 26.8. The van der Waals surface area contributed by atoms with Crippen molar-refractivity contribution in [2.75, 3.05) is 0 Å². The van der Waals surface area contributed by atoms with Crippen molar-refractivity contribution in [3.63, 3.8) is 0 Å². The van der Waals surface area contributed by atoms with Crippen LogP contribution in [0.3, 0.4) is 0 Å². The van der Waals surface area contributed by atoms with Crippen molar-refractivity contribution in [2.45, 2.75) is 13.8 Å². The van der Waals surface area contributed by atoms with E-state index >= 15 is 0 Å². The Hall–Kier alpha value is -5.25. The number of phenolic OH excluding ortho intramolecular Hbond substituents is 2. The molecule has 0 spiro atoms. The molecule has 0 bridgehead atoms. The molecule has 0 amide bonds. The van der Waals surface area contributed by atoms with Gasteiger partial charge in [0, 0.05) is 17.2 Å². The smallest absolute Gasteiger partial charge is 0.336 e. The summed E-state index contributed by atoms with van der Waals surface area (Å²) in [5.41, 5.74) is -3.21. The standard InChI is InChI=1S/C27H16O10/c1-10(28)13-6-15-24(32)14-7-17(30)18(31)8-20(14)37-26(15)21(11(2)29)22(13)16-9-36-19-5-3-4-12(27(34)35)23(19)25(16)33/h3-9,30-31H,1-2H3,(H,34,35). The number of benzene rings is 3. The number of carboxylic acid groups (broad SMARTS) is 1. The molecule has 2 aromatic heterocycles. The Balaban J connectivity index is 2.03. The van der Waals surface area contributed by atoms with Gasteiger partial charge in [0.05, 0.1) is 32.8 Å². The van der Waals surface area contributed by atoms with Gasteiger partial charge in [-0.25, -0.2) is 4.79 Å². The van der Waals surface area contributed by atoms with Crippen LogP contribution in [0.2, 0.25) is 0 Å². The second-order valence-electron chi connectivity index (χ2n) is 8.39. The molecule has 10 heteroatoms. The fourth-order valence-corrected chi connectivity index (χ4v) is 4.43. The minimum atomic E-state index is -1.38. The summed E-state index contributed by atoms with van der Waals surface area (Å²) < 4.78 is 11.3. The van der Waals surface area contributed by atoms with Crippen molar-refractivity contribution in [1.82, 2.24) is 0 Å². The first-order valence-electron chi connectivity index (χ1n) is 10.8. The number of phenols is 2. The van der Waals surface area contributed by atoms with Gasteiger partial charge in [0.2, 0.25) is 10.9 Å². The maximum absolute atomic E-state index is 13.6. The average Bonchev–Trinajstić information content (AvgIpc) is 2.84. The van der Waals surface area contributed by atoms with Crippen LogP contribution in [0.5, 0.6) is 11.5 Å². The summed E-state index contributed by atoms with van der Waals surface area (Å²) in [6.07, 6.45) is 1.01. The number of carboxylic acids is 1. The molecule has 0 fully saturated rings. The quantitative estimate of drug-likeness (QED) is 0.184. The summed E-state index contributed by atoms with van der Waals surface area (Å²) in [5.74, 6) is -3.79. The van der Waals surface area contributed by atoms with E-state index in [1.807, 2.05) is 0 Å². The normalized spacial score (nSPS) is 11.3. The molecule has 0 atom stereocenters. The van der Waals surface area contributed by atoms with Crippen LogP contribution in [0.25, 0.3) is 44.0 Å². The molecule has 0 aliphatic carbocycles. The molecule has 0 radical (unpaired) electrons. The Morgan fingerprint density at radius 2 is 1.51 bits per heavy atom. The molecule has 5 rings (SSSR count). The third-order valence-electron chi connectivity index (χ3n) is 6.09. The zero-order valence-electron chi connectivity index (χ0n) is 19.2. The molecule has 0 saturated heterocycles. The fourth-order valence-electron chi connectivity index (χ4n) is 4.43. The number of carbonyl (C=O) groups excluding carboxylic acids is 2. The maximum Gasteiger partial charge on any atom is 0.336 e. The Bertz CT molecular complexity index is 1970. The van der Waals surface area contributed by atoms with Crippen molar-refractivity contribution in [3.8, 4) is 22.6 Å². The Labute approximate surface area is 205 Å². The van der Waals surface area contributed by atoms with Gasteiger partial charge in [-0.3, -0.25) is 19.2 Å². The maximum atomic E-state index is 13.6. The number of hydrogen-bond donors (Lipinski definition) is 3. The van der Waals surface area contributed by atoms with Crippen molar-refractivity contribution in [2.24, 2.45) is 0 Å². The molecule has 37 heavy (non-hydrogen) atoms. The monoisotopic (exact) mass is 500 g/mol. The molecule has 0 aliphatic rings. The van der Waals surface area contributed by atoms with E-state index in [-0.39, 0.29) is 60.7 Å². The van der Waals surface area contributed by atoms with Gasteiger partial charge in [-0.2, -0.15) is 0 Å². The molecule has 0 aliphatic heterocycles. The molecular formula is C27H16O10. The fraction of sp³-hybridized carbons (Fsp3) is 0.0741. The van der Waals surface area contributed by atoms with Gasteiger partial charge in [0.25, 0.3) is 0 Å². The number of hydrogen-bond acceptors (Lipinski definition) is 9. The first-order valence-corrected chi connectivity index (χ1v) is 10.8. The third-order valence-corrected chi connectivity index (χ3v) is 6.09. The van der Waals surface area contributed by atoms with Crippen molar-refractivity contribution in [3.05, 3.63) is 79.8 Å². The van der Waals surface area contributed by atoms with Crippen LogP contribution in [-0.2, 0) is 0 Å². The molecule has 0 unspecified atom stereocenters. The first kappa shape index (κ1) is 23.5. The Morgan fingerprint density at radius 3 is 2.16 bits per heavy atom. The van der Waals surface area contributed by atoms with Gasteiger partial charge in [0.15, 0.2) is 23.1 Å². The lowest BCUT2D eigenvalue weighted by Crippen LogP contribution is -2.15. The molecule has 3 N–H and O–H groups in total. The van der Waals surface area contributed by atoms with Crippen LogP contribution in [0.1, 0.15) is 44.9 Å². The summed E-state index contributed by atoms with van der Waals surface area (Å²) in [6, 6.07) is 7.18. The highest BCUT2D eigenvalue weighted by molar-refractivity contribution is 6.17. The predicted octanol–water partition coefficient (Wildman–Crippen LogP) is 4.23. The van der Waals surface area contributed by atoms with E-state index in [0.29, 0.717) is 0 Å². The van der Waals surface area contributed by atoms with E-state index in [0.717, 1.165) is 25.3 Å². The summed E-state index contributed by atoms with van der Waals surface area (Å²) in [4.78, 5) is 64.4. The van der Waals surface area contributed by atoms with Crippen LogP contribution in [-0.4, -0.2) is 32.9 Å². The van der Waals surface area contributed by atoms with Gasteiger partial charge < -0.3 is 24.2 Å². The highest BCUT2D eigenvalue weighted by Crippen LogP contribution is 2.37. The summed E-state index contributed by atoms with van der Waals surface area (Å²) >= 11 is 0. The second kappa shape index (κ2) is 8.16. The lowest BCUT2D eigenvalue weighted by atomic mass is 9.88. The number of rotatable bonds is 4. The number of aromatic carboxylic acids is 1. The average molecular weight is 500 g/mol. The Morgan fingerprint density at radius 1 is 0.811 bits per heavy atom. The lowest BCUT2D eigenvalue weighted by molar-refractivity contribution is 0.0698. The number of aromatic hydroxyl groups is 2. The van der Waals surface area contributed by atoms with E-state index in [9.17, 15) is 39.3 Å². The molecule has 5 aromatic rings. The minimum absolute atomic E-state index is 0.0176. The SMILES string of the molecule is CC(=O)c1cc2c(=O)c3cc(O)c(O)cc3oc2c(C(C)=O)c1-c1coc2cccc(C(=O)O)c2c1=O. The molecule has 184 valence electrons. The zero-order valence-corrected chi connectivity index (χ0v) is 19.2. The van der Waals surface area contributed by atoms with Gasteiger partial charge >= 0.3 is 5.97 Å². The van der Waals surface area contributed by atoms with Crippen LogP contribution >= 0.6 is 0 Å². The largest absolute Gasteiger partial charge is 0.504 e. The molecule has 2 heterocycles. The van der Waals surface area contributed by atoms with Crippen LogP contribution in [0.15, 0.2) is 61.1 Å². The van der Waals surface area contributed by atoms with Gasteiger partial charge in [-0.1, -0.05) is 6.07 Å². The molecule has 10 nitrogen and oxygen atoms in total.